The van der Waals surface area contributed by atoms with Gasteiger partial charge in [0.05, 0.1) is 6.54 Å². The van der Waals surface area contributed by atoms with Crippen LogP contribution in [0.25, 0.3) is 0 Å². The van der Waals surface area contributed by atoms with E-state index in [9.17, 15) is 17.6 Å². The van der Waals surface area contributed by atoms with Gasteiger partial charge >= 0.3 is 0 Å². The lowest BCUT2D eigenvalue weighted by Crippen LogP contribution is -2.09. The Kier molecular flexibility index (Phi) is 2.67. The first-order valence-corrected chi connectivity index (χ1v) is 3.03. The predicted molar refractivity (Wildman–Crippen MR) is 30.9 cm³/mol. The number of hydrogen-bond donors (Lipinski definition) is 0. The quantitative estimate of drug-likeness (QED) is 0.647. The van der Waals surface area contributed by atoms with Crippen LogP contribution in [-0.2, 0) is 6.54 Å². The molecule has 0 amide bonds. The highest BCUT2D eigenvalue weighted by molar-refractivity contribution is 4.97. The van der Waals surface area contributed by atoms with Crippen LogP contribution in [0.2, 0.25) is 0 Å². The highest BCUT2D eigenvalue weighted by Gasteiger charge is 2.16. The second-order valence-electron chi connectivity index (χ2n) is 2.01. The van der Waals surface area contributed by atoms with E-state index in [1.807, 2.05) is 12.5 Å². The Morgan fingerprint density at radius 2 is 2.00 bits per heavy atom. The maximum Gasteiger partial charge on any atom is 0.280 e. The molecular formula is C6H4F4N2. The van der Waals surface area contributed by atoms with Crippen LogP contribution in [-0.4, -0.2) is 16.0 Å². The van der Waals surface area contributed by atoms with Crippen LogP contribution in [0.3, 0.4) is 0 Å². The Bertz CT molecular complexity index is 245. The highest BCUT2D eigenvalue weighted by atomic mass is 19.3. The second-order valence-corrected chi connectivity index (χ2v) is 2.01. The number of alkyl halides is 4. The van der Waals surface area contributed by atoms with Crippen molar-refractivity contribution in [3.8, 4) is 0 Å². The van der Waals surface area contributed by atoms with Gasteiger partial charge in [-0.25, -0.2) is 22.5 Å². The highest BCUT2D eigenvalue weighted by Crippen LogP contribution is 2.17. The van der Waals surface area contributed by atoms with Crippen LogP contribution in [0.5, 0.6) is 0 Å². The van der Waals surface area contributed by atoms with E-state index in [4.69, 9.17) is 0 Å². The Labute approximate surface area is 65.8 Å². The molecule has 2 nitrogen and oxygen atoms in total. The molecule has 12 heavy (non-hydrogen) atoms. The Morgan fingerprint density at radius 1 is 1.33 bits per heavy atom. The summed E-state index contributed by atoms with van der Waals surface area (Å²) in [5.74, 6) is 0. The van der Waals surface area contributed by atoms with E-state index in [1.165, 1.54) is 0 Å². The fraction of sp³-hybridized carbons (Fsp3) is 0.500. The zero-order valence-electron chi connectivity index (χ0n) is 5.77. The summed E-state index contributed by atoms with van der Waals surface area (Å²) in [7, 11) is 0. The molecular weight excluding hydrogens is 176 g/mol. The molecule has 0 saturated carbocycles. The molecule has 0 spiro atoms. The predicted octanol–water partition coefficient (Wildman–Crippen LogP) is 1.69. The summed E-state index contributed by atoms with van der Waals surface area (Å²) in [5, 5.41) is 0. The van der Waals surface area contributed by atoms with E-state index < -0.39 is 25.1 Å². The number of hydrogen-bond acceptors (Lipinski definition) is 1. The van der Waals surface area contributed by atoms with Crippen LogP contribution >= 0.6 is 0 Å². The summed E-state index contributed by atoms with van der Waals surface area (Å²) in [6.45, 7) is -0.823. The average Bonchev–Trinajstić information content (AvgIpc) is 2.33. The topological polar surface area (TPSA) is 17.8 Å². The summed E-state index contributed by atoms with van der Waals surface area (Å²) in [6, 6.07) is 0. The normalized spacial score (nSPS) is 11.5. The Balaban J connectivity index is 2.77. The third kappa shape index (κ3) is 1.96. The van der Waals surface area contributed by atoms with Gasteiger partial charge in [-0.2, -0.15) is 0 Å². The molecule has 2 radical (unpaired) electrons. The first-order chi connectivity index (χ1) is 5.61. The molecule has 0 aliphatic carbocycles. The smallest absolute Gasteiger partial charge is 0.280 e. The molecule has 0 fully saturated rings. The molecule has 0 unspecified atom stereocenters. The van der Waals surface area contributed by atoms with E-state index >= 15 is 0 Å². The third-order valence-electron chi connectivity index (χ3n) is 1.16. The fourth-order valence-corrected chi connectivity index (χ4v) is 0.701. The van der Waals surface area contributed by atoms with Gasteiger partial charge in [0, 0.05) is 0 Å². The minimum Gasteiger partial charge on any atom is -0.314 e. The van der Waals surface area contributed by atoms with Crippen molar-refractivity contribution in [3.63, 3.8) is 0 Å². The standard InChI is InChI=1S/C6H4F4N2/c7-5(8)2-12-3-11-1-4(12)6(9)10/h5-6H,2H2. The Hall–Kier alpha value is -1.07. The fourth-order valence-electron chi connectivity index (χ4n) is 0.701. The minimum atomic E-state index is -2.84. The van der Waals surface area contributed by atoms with E-state index in [0.29, 0.717) is 4.57 Å². The lowest BCUT2D eigenvalue weighted by molar-refractivity contribution is 0.108. The van der Waals surface area contributed by atoms with Gasteiger partial charge in [-0.15, -0.1) is 0 Å². The molecule has 1 heterocycles. The van der Waals surface area contributed by atoms with Gasteiger partial charge in [0.25, 0.3) is 12.9 Å². The van der Waals surface area contributed by atoms with E-state index in [0.717, 1.165) is 0 Å². The van der Waals surface area contributed by atoms with Gasteiger partial charge in [0.2, 0.25) is 0 Å². The molecule has 1 rings (SSSR count). The summed E-state index contributed by atoms with van der Waals surface area (Å²) in [5.41, 5.74) is -0.657. The molecule has 0 aliphatic heterocycles. The number of halogens is 4. The summed E-state index contributed by atoms with van der Waals surface area (Å²) < 4.78 is 47.9. The Morgan fingerprint density at radius 3 is 2.50 bits per heavy atom. The molecule has 0 atom stereocenters. The van der Waals surface area contributed by atoms with Crippen molar-refractivity contribution in [2.45, 2.75) is 19.4 Å². The van der Waals surface area contributed by atoms with Gasteiger partial charge < -0.3 is 4.57 Å². The van der Waals surface area contributed by atoms with Crippen LogP contribution in [0.1, 0.15) is 12.1 Å². The molecule has 0 aliphatic rings. The third-order valence-corrected chi connectivity index (χ3v) is 1.16. The number of nitrogens with zero attached hydrogens (tertiary/aromatic N) is 2. The van der Waals surface area contributed by atoms with Crippen molar-refractivity contribution in [2.75, 3.05) is 0 Å². The summed E-state index contributed by atoms with van der Waals surface area (Å²) >= 11 is 0. The maximum absolute atomic E-state index is 12.0. The van der Waals surface area contributed by atoms with E-state index in [2.05, 4.69) is 4.98 Å². The average molecular weight is 180 g/mol. The molecule has 0 saturated heterocycles. The molecule has 66 valence electrons. The number of aromatic nitrogens is 2. The van der Waals surface area contributed by atoms with Crippen LogP contribution in [0.15, 0.2) is 0 Å². The van der Waals surface area contributed by atoms with Crippen molar-refractivity contribution in [2.24, 2.45) is 0 Å². The largest absolute Gasteiger partial charge is 0.314 e. The molecule has 0 N–H and O–H groups in total. The number of rotatable bonds is 3. The maximum atomic E-state index is 12.0. The first-order valence-electron chi connectivity index (χ1n) is 3.03. The van der Waals surface area contributed by atoms with Gasteiger partial charge in [0.15, 0.2) is 6.33 Å². The lowest BCUT2D eigenvalue weighted by atomic mass is 10.5. The van der Waals surface area contributed by atoms with Crippen molar-refractivity contribution in [1.82, 2.24) is 9.55 Å². The zero-order valence-corrected chi connectivity index (χ0v) is 5.77. The summed E-state index contributed by atoms with van der Waals surface area (Å²) in [4.78, 5) is 3.10. The van der Waals surface area contributed by atoms with Crippen molar-refractivity contribution in [1.29, 1.82) is 0 Å². The van der Waals surface area contributed by atoms with Gasteiger partial charge in [-0.3, -0.25) is 0 Å². The molecule has 1 aromatic heterocycles. The van der Waals surface area contributed by atoms with Gasteiger partial charge in [0.1, 0.15) is 11.9 Å². The van der Waals surface area contributed by atoms with Crippen LogP contribution in [0, 0.1) is 12.5 Å². The van der Waals surface area contributed by atoms with Crippen LogP contribution in [0.4, 0.5) is 17.6 Å². The number of imidazole rings is 1. The summed E-state index contributed by atoms with van der Waals surface area (Å²) in [6.07, 6.45) is -1.68. The molecule has 0 aromatic carbocycles. The molecule has 6 heteroatoms. The van der Waals surface area contributed by atoms with Crippen molar-refractivity contribution in [3.05, 3.63) is 18.2 Å². The van der Waals surface area contributed by atoms with Crippen molar-refractivity contribution < 1.29 is 17.6 Å². The van der Waals surface area contributed by atoms with E-state index in [-0.39, 0.29) is 0 Å². The molecule has 1 aromatic rings. The monoisotopic (exact) mass is 180 g/mol. The minimum absolute atomic E-state index is 0.565. The van der Waals surface area contributed by atoms with Gasteiger partial charge in [-0.05, 0) is 0 Å². The second kappa shape index (κ2) is 3.55. The lowest BCUT2D eigenvalue weighted by Gasteiger charge is -2.04. The van der Waals surface area contributed by atoms with Crippen LogP contribution < -0.4 is 0 Å². The van der Waals surface area contributed by atoms with E-state index in [1.54, 1.807) is 0 Å². The first kappa shape index (κ1) is 9.02. The molecule has 0 bridgehead atoms. The zero-order chi connectivity index (χ0) is 9.14. The SMILES string of the molecule is FC(F)Cn1[c]n[c]c1C(F)F. The van der Waals surface area contributed by atoms with Crippen molar-refractivity contribution >= 4 is 0 Å². The van der Waals surface area contributed by atoms with Gasteiger partial charge in [-0.1, -0.05) is 0 Å².